The summed E-state index contributed by atoms with van der Waals surface area (Å²) in [6, 6.07) is -1.53. The summed E-state index contributed by atoms with van der Waals surface area (Å²) in [5, 5.41) is 0. The molecule has 0 saturated heterocycles. The molecule has 0 amide bonds. The van der Waals surface area contributed by atoms with E-state index in [1.54, 1.807) is 0 Å². The Morgan fingerprint density at radius 2 is 0.905 bits per heavy atom. The molecule has 0 fully saturated rings. The lowest BCUT2D eigenvalue weighted by Crippen LogP contribution is -2.07. The highest BCUT2D eigenvalue weighted by Crippen LogP contribution is 2.27. The fraction of sp³-hybridized carbons (Fsp3) is 0.882. The highest BCUT2D eigenvalue weighted by molar-refractivity contribution is 7.64. The normalized spacial score (nSPS) is 11.8. The number of hydrogen-bond donors (Lipinski definition) is 0. The van der Waals surface area contributed by atoms with Crippen LogP contribution in [0.5, 0.6) is 0 Å². The molecule has 0 aromatic rings. The number of rotatable bonds is 16. The largest absolute Gasteiger partial charge is 0.341 e. The Bertz CT molecular complexity index is 227. The summed E-state index contributed by atoms with van der Waals surface area (Å²) in [5.74, 6) is 0. The zero-order valence-electron chi connectivity index (χ0n) is 13.5. The van der Waals surface area contributed by atoms with E-state index >= 15 is 0 Å². The van der Waals surface area contributed by atoms with Crippen molar-refractivity contribution in [2.75, 3.05) is 0 Å². The first-order valence-corrected chi connectivity index (χ1v) is 14.0. The van der Waals surface area contributed by atoms with E-state index in [1.165, 1.54) is 83.5 Å². The first-order valence-electron chi connectivity index (χ1n) is 8.74. The number of hydrogen-bond acceptors (Lipinski definition) is 0. The Labute approximate surface area is 147 Å². The van der Waals surface area contributed by atoms with Gasteiger partial charge in [-0.25, -0.2) is 0 Å². The number of halogens is 3. The predicted octanol–water partition coefficient (Wildman–Crippen LogP) is 8.29. The lowest BCUT2D eigenvalue weighted by molar-refractivity contribution is 0.540. The maximum atomic E-state index is 5.86. The molecule has 126 valence electrons. The van der Waals surface area contributed by atoms with Crippen LogP contribution in [0.25, 0.3) is 0 Å². The van der Waals surface area contributed by atoms with Crippen LogP contribution in [0.1, 0.15) is 89.9 Å². The molecule has 0 spiro atoms. The maximum absolute atomic E-state index is 5.86. The molecule has 0 aliphatic heterocycles. The van der Waals surface area contributed by atoms with E-state index in [4.69, 9.17) is 33.2 Å². The Morgan fingerprint density at radius 1 is 0.571 bits per heavy atom. The standard InChI is InChI=1S/C17H33Cl3Si/c1-2-3-4-5-6-7-8-9-10-11-12-13-14-15-16-17-21(18,19)20/h2H,1,3-17H2. The van der Waals surface area contributed by atoms with Crippen molar-refractivity contribution in [1.29, 1.82) is 0 Å². The lowest BCUT2D eigenvalue weighted by atomic mass is 10.0. The third-order valence-corrected chi connectivity index (χ3v) is 6.49. The molecule has 0 bridgehead atoms. The molecular weight excluding hydrogens is 339 g/mol. The fourth-order valence-electron chi connectivity index (χ4n) is 2.56. The molecule has 0 aromatic heterocycles. The Morgan fingerprint density at radius 3 is 1.24 bits per heavy atom. The number of unbranched alkanes of at least 4 members (excludes halogenated alkanes) is 13. The van der Waals surface area contributed by atoms with Gasteiger partial charge in [0.15, 0.2) is 0 Å². The SMILES string of the molecule is C=CCCCCCCCCCCCCCCC[Si](Cl)(Cl)Cl. The molecule has 0 nitrogen and oxygen atoms in total. The van der Waals surface area contributed by atoms with E-state index in [0.717, 1.165) is 12.5 Å². The monoisotopic (exact) mass is 370 g/mol. The minimum atomic E-state index is -2.35. The van der Waals surface area contributed by atoms with Crippen molar-refractivity contribution in [1.82, 2.24) is 0 Å². The van der Waals surface area contributed by atoms with Gasteiger partial charge in [-0.05, 0) is 18.9 Å². The van der Waals surface area contributed by atoms with Crippen molar-refractivity contribution >= 4 is 39.2 Å². The van der Waals surface area contributed by atoms with Crippen LogP contribution in [0.2, 0.25) is 6.04 Å². The van der Waals surface area contributed by atoms with Gasteiger partial charge in [0.1, 0.15) is 0 Å². The van der Waals surface area contributed by atoms with Crippen molar-refractivity contribution in [2.45, 2.75) is 95.9 Å². The van der Waals surface area contributed by atoms with Gasteiger partial charge in [0, 0.05) is 0 Å². The van der Waals surface area contributed by atoms with Crippen LogP contribution in [0.4, 0.5) is 0 Å². The van der Waals surface area contributed by atoms with Crippen LogP contribution in [-0.2, 0) is 0 Å². The minimum Gasteiger partial charge on any atom is -0.126 e. The van der Waals surface area contributed by atoms with Gasteiger partial charge < -0.3 is 0 Å². The van der Waals surface area contributed by atoms with Gasteiger partial charge in [-0.15, -0.1) is 39.8 Å². The maximum Gasteiger partial charge on any atom is 0.341 e. The van der Waals surface area contributed by atoms with Gasteiger partial charge in [-0.1, -0.05) is 83.1 Å². The second-order valence-electron chi connectivity index (χ2n) is 6.04. The van der Waals surface area contributed by atoms with Crippen molar-refractivity contribution in [3.8, 4) is 0 Å². The Kier molecular flexibility index (Phi) is 16.3. The minimum absolute atomic E-state index is 0.824. The molecule has 0 radical (unpaired) electrons. The van der Waals surface area contributed by atoms with E-state index < -0.39 is 6.00 Å². The van der Waals surface area contributed by atoms with Crippen molar-refractivity contribution in [3.05, 3.63) is 12.7 Å². The Balaban J connectivity index is 3.01. The molecule has 0 aromatic carbocycles. The van der Waals surface area contributed by atoms with Crippen LogP contribution in [0.15, 0.2) is 12.7 Å². The molecular formula is C17H33Cl3Si. The topological polar surface area (TPSA) is 0 Å². The average Bonchev–Trinajstić information content (AvgIpc) is 2.42. The predicted molar refractivity (Wildman–Crippen MR) is 103 cm³/mol. The van der Waals surface area contributed by atoms with E-state index in [1.807, 2.05) is 6.08 Å². The van der Waals surface area contributed by atoms with Crippen molar-refractivity contribution < 1.29 is 0 Å². The van der Waals surface area contributed by atoms with Gasteiger partial charge >= 0.3 is 6.00 Å². The summed E-state index contributed by atoms with van der Waals surface area (Å²) in [4.78, 5) is 0. The molecule has 4 heteroatoms. The second kappa shape index (κ2) is 15.7. The van der Waals surface area contributed by atoms with Crippen molar-refractivity contribution in [3.63, 3.8) is 0 Å². The van der Waals surface area contributed by atoms with E-state index in [-0.39, 0.29) is 0 Å². The Hall–Kier alpha value is 0.827. The third-order valence-electron chi connectivity index (χ3n) is 3.87. The van der Waals surface area contributed by atoms with Crippen LogP contribution in [0, 0.1) is 0 Å². The first-order chi connectivity index (χ1) is 10.1. The van der Waals surface area contributed by atoms with E-state index in [9.17, 15) is 0 Å². The summed E-state index contributed by atoms with van der Waals surface area (Å²) in [7, 11) is 0. The summed E-state index contributed by atoms with van der Waals surface area (Å²) >= 11 is 17.6. The highest BCUT2D eigenvalue weighted by Gasteiger charge is 2.23. The van der Waals surface area contributed by atoms with Crippen LogP contribution in [0.3, 0.4) is 0 Å². The summed E-state index contributed by atoms with van der Waals surface area (Å²) in [5.41, 5.74) is 0. The fourth-order valence-corrected chi connectivity index (χ4v) is 4.41. The van der Waals surface area contributed by atoms with Gasteiger partial charge in [0.25, 0.3) is 0 Å². The summed E-state index contributed by atoms with van der Waals surface area (Å²) in [6.07, 6.45) is 20.7. The quantitative estimate of drug-likeness (QED) is 0.111. The molecule has 0 atom stereocenters. The molecule has 0 N–H and O–H groups in total. The van der Waals surface area contributed by atoms with Crippen LogP contribution >= 0.6 is 33.2 Å². The molecule has 0 saturated carbocycles. The smallest absolute Gasteiger partial charge is 0.126 e. The first kappa shape index (κ1) is 21.8. The highest BCUT2D eigenvalue weighted by atomic mass is 35.8. The molecule has 0 rings (SSSR count). The van der Waals surface area contributed by atoms with Gasteiger partial charge in [0.2, 0.25) is 0 Å². The molecule has 21 heavy (non-hydrogen) atoms. The number of allylic oxidation sites excluding steroid dienone is 1. The zero-order chi connectivity index (χ0) is 15.8. The summed E-state index contributed by atoms with van der Waals surface area (Å²) in [6.45, 7) is 3.75. The summed E-state index contributed by atoms with van der Waals surface area (Å²) < 4.78 is 0. The molecule has 0 unspecified atom stereocenters. The van der Waals surface area contributed by atoms with Gasteiger partial charge in [0.05, 0.1) is 0 Å². The zero-order valence-corrected chi connectivity index (χ0v) is 16.8. The molecule has 0 aliphatic carbocycles. The third kappa shape index (κ3) is 20.8. The molecule has 0 heterocycles. The lowest BCUT2D eigenvalue weighted by Gasteiger charge is -2.06. The second-order valence-corrected chi connectivity index (χ2v) is 15.3. The van der Waals surface area contributed by atoms with Crippen LogP contribution in [-0.4, -0.2) is 6.00 Å². The van der Waals surface area contributed by atoms with Gasteiger partial charge in [-0.3, -0.25) is 0 Å². The average molecular weight is 372 g/mol. The van der Waals surface area contributed by atoms with Gasteiger partial charge in [-0.2, -0.15) is 0 Å². The van der Waals surface area contributed by atoms with Crippen molar-refractivity contribution in [2.24, 2.45) is 0 Å². The molecule has 0 aliphatic rings. The van der Waals surface area contributed by atoms with Crippen LogP contribution < -0.4 is 0 Å². The van der Waals surface area contributed by atoms with E-state index in [2.05, 4.69) is 6.58 Å². The van der Waals surface area contributed by atoms with E-state index in [0.29, 0.717) is 0 Å².